The number of carbonyl (C=O) groups excluding carboxylic acids is 1. The lowest BCUT2D eigenvalue weighted by molar-refractivity contribution is -0.116. The van der Waals surface area contributed by atoms with Gasteiger partial charge in [0.1, 0.15) is 0 Å². The van der Waals surface area contributed by atoms with Crippen LogP contribution in [0.3, 0.4) is 0 Å². The lowest BCUT2D eigenvalue weighted by atomic mass is 10.1. The lowest BCUT2D eigenvalue weighted by Crippen LogP contribution is -2.11. The van der Waals surface area contributed by atoms with Gasteiger partial charge < -0.3 is 5.32 Å². The van der Waals surface area contributed by atoms with Crippen molar-refractivity contribution >= 4 is 35.0 Å². The van der Waals surface area contributed by atoms with Crippen molar-refractivity contribution < 1.29 is 4.79 Å². The number of fused-ring (bicyclic) bond motifs is 1. The fraction of sp³-hybridized carbons (Fsp3) is 0.133. The lowest BCUT2D eigenvalue weighted by Gasteiger charge is -2.13. The first-order valence-corrected chi connectivity index (χ1v) is 7.29. The van der Waals surface area contributed by atoms with Crippen molar-refractivity contribution in [3.05, 3.63) is 59.1 Å². The number of amides is 1. The molecule has 0 bridgehead atoms. The first kappa shape index (κ1) is 12.6. The van der Waals surface area contributed by atoms with Crippen LogP contribution < -0.4 is 5.32 Å². The molecule has 0 saturated carbocycles. The van der Waals surface area contributed by atoms with E-state index in [0.29, 0.717) is 11.4 Å². The van der Waals surface area contributed by atoms with Crippen molar-refractivity contribution in [2.45, 2.75) is 16.6 Å². The third-order valence-electron chi connectivity index (χ3n) is 3.02. The molecular formula is C15H12ClNOS. The van der Waals surface area contributed by atoms with Gasteiger partial charge in [-0.2, -0.15) is 0 Å². The Labute approximate surface area is 121 Å². The van der Waals surface area contributed by atoms with E-state index in [2.05, 4.69) is 5.32 Å². The molecule has 1 N–H and O–H groups in total. The maximum atomic E-state index is 12.0. The molecular weight excluding hydrogens is 278 g/mol. The van der Waals surface area contributed by atoms with E-state index in [1.165, 1.54) is 0 Å². The Hall–Kier alpha value is -1.45. The quantitative estimate of drug-likeness (QED) is 0.836. The fourth-order valence-corrected chi connectivity index (χ4v) is 3.56. The molecule has 96 valence electrons. The Morgan fingerprint density at radius 1 is 1.16 bits per heavy atom. The van der Waals surface area contributed by atoms with Gasteiger partial charge >= 0.3 is 0 Å². The number of nitrogens with one attached hydrogen (secondary N) is 1. The van der Waals surface area contributed by atoms with Crippen LogP contribution in [0.1, 0.15) is 17.2 Å². The molecule has 1 aliphatic rings. The van der Waals surface area contributed by atoms with Crippen LogP contribution >= 0.6 is 23.4 Å². The Balaban J connectivity index is 1.98. The van der Waals surface area contributed by atoms with E-state index in [9.17, 15) is 4.79 Å². The largest absolute Gasteiger partial charge is 0.325 e. The second kappa shape index (κ2) is 5.27. The van der Waals surface area contributed by atoms with Crippen LogP contribution in [0.25, 0.3) is 0 Å². The van der Waals surface area contributed by atoms with Crippen molar-refractivity contribution in [3.8, 4) is 0 Å². The van der Waals surface area contributed by atoms with Gasteiger partial charge in [-0.3, -0.25) is 4.79 Å². The van der Waals surface area contributed by atoms with Crippen LogP contribution in [0.2, 0.25) is 5.02 Å². The topological polar surface area (TPSA) is 29.1 Å². The van der Waals surface area contributed by atoms with Crippen molar-refractivity contribution in [1.29, 1.82) is 0 Å². The monoisotopic (exact) mass is 289 g/mol. The number of hydrogen-bond donors (Lipinski definition) is 1. The molecule has 0 aromatic heterocycles. The standard InChI is InChI=1S/C15H12ClNOS/c16-11-5-3-4-10(8-11)14-9-15(18)17-12-6-1-2-7-13(12)19-14/h1-8,14H,9H2,(H,17,18)/t14-/m1/s1. The zero-order chi connectivity index (χ0) is 13.2. The van der Waals surface area contributed by atoms with Crippen LogP contribution in [-0.4, -0.2) is 5.91 Å². The number of halogens is 1. The summed E-state index contributed by atoms with van der Waals surface area (Å²) in [5, 5.41) is 3.75. The van der Waals surface area contributed by atoms with E-state index in [1.54, 1.807) is 11.8 Å². The Morgan fingerprint density at radius 2 is 2.00 bits per heavy atom. The molecule has 0 radical (unpaired) electrons. The second-order valence-corrected chi connectivity index (χ2v) is 6.09. The summed E-state index contributed by atoms with van der Waals surface area (Å²) in [6.07, 6.45) is 0.458. The minimum absolute atomic E-state index is 0.0439. The normalized spacial score (nSPS) is 18.4. The van der Waals surface area contributed by atoms with Gasteiger partial charge in [0.05, 0.1) is 5.69 Å². The SMILES string of the molecule is O=C1C[C@H](c2cccc(Cl)c2)Sc2ccccc2N1. The van der Waals surface area contributed by atoms with E-state index in [0.717, 1.165) is 16.1 Å². The summed E-state index contributed by atoms with van der Waals surface area (Å²) in [5.41, 5.74) is 1.98. The molecule has 3 rings (SSSR count). The molecule has 0 fully saturated rings. The van der Waals surface area contributed by atoms with E-state index >= 15 is 0 Å². The van der Waals surface area contributed by atoms with Crippen LogP contribution in [0.5, 0.6) is 0 Å². The molecule has 1 aliphatic heterocycles. The number of thioether (sulfide) groups is 1. The van der Waals surface area contributed by atoms with Gasteiger partial charge in [0.15, 0.2) is 0 Å². The Morgan fingerprint density at radius 3 is 2.84 bits per heavy atom. The highest BCUT2D eigenvalue weighted by Gasteiger charge is 2.23. The van der Waals surface area contributed by atoms with Crippen LogP contribution in [0, 0.1) is 0 Å². The van der Waals surface area contributed by atoms with Crippen LogP contribution in [-0.2, 0) is 4.79 Å². The summed E-state index contributed by atoms with van der Waals surface area (Å²) in [4.78, 5) is 13.1. The summed E-state index contributed by atoms with van der Waals surface area (Å²) in [5.74, 6) is 0.0439. The molecule has 1 amide bonds. The molecule has 0 unspecified atom stereocenters. The number of para-hydroxylation sites is 1. The van der Waals surface area contributed by atoms with Gasteiger partial charge in [-0.05, 0) is 29.8 Å². The highest BCUT2D eigenvalue weighted by molar-refractivity contribution is 7.99. The van der Waals surface area contributed by atoms with Crippen molar-refractivity contribution in [2.24, 2.45) is 0 Å². The van der Waals surface area contributed by atoms with Crippen molar-refractivity contribution in [2.75, 3.05) is 5.32 Å². The van der Waals surface area contributed by atoms with E-state index in [4.69, 9.17) is 11.6 Å². The van der Waals surface area contributed by atoms with Crippen LogP contribution in [0.4, 0.5) is 5.69 Å². The molecule has 0 aliphatic carbocycles. The van der Waals surface area contributed by atoms with Crippen molar-refractivity contribution in [3.63, 3.8) is 0 Å². The van der Waals surface area contributed by atoms with Gasteiger partial charge in [0, 0.05) is 21.6 Å². The summed E-state index contributed by atoms with van der Waals surface area (Å²) in [7, 11) is 0. The highest BCUT2D eigenvalue weighted by Crippen LogP contribution is 2.43. The summed E-state index contributed by atoms with van der Waals surface area (Å²) < 4.78 is 0. The van der Waals surface area contributed by atoms with Gasteiger partial charge in [0.25, 0.3) is 0 Å². The number of rotatable bonds is 1. The molecule has 1 heterocycles. The number of benzene rings is 2. The third kappa shape index (κ3) is 2.77. The minimum atomic E-state index is 0.0439. The van der Waals surface area contributed by atoms with Crippen molar-refractivity contribution in [1.82, 2.24) is 0 Å². The van der Waals surface area contributed by atoms with E-state index in [-0.39, 0.29) is 11.2 Å². The first-order valence-electron chi connectivity index (χ1n) is 6.03. The summed E-state index contributed by atoms with van der Waals surface area (Å²) in [6, 6.07) is 15.6. The molecule has 4 heteroatoms. The van der Waals surface area contributed by atoms with Gasteiger partial charge in [-0.25, -0.2) is 0 Å². The maximum Gasteiger partial charge on any atom is 0.225 e. The molecule has 2 aromatic rings. The molecule has 0 saturated heterocycles. The molecule has 0 spiro atoms. The van der Waals surface area contributed by atoms with E-state index < -0.39 is 0 Å². The first-order chi connectivity index (χ1) is 9.22. The molecule has 1 atom stereocenters. The van der Waals surface area contributed by atoms with E-state index in [1.807, 2.05) is 48.5 Å². The number of hydrogen-bond acceptors (Lipinski definition) is 2. The zero-order valence-electron chi connectivity index (χ0n) is 10.1. The molecule has 2 nitrogen and oxygen atoms in total. The Bertz CT molecular complexity index is 629. The van der Waals surface area contributed by atoms with Gasteiger partial charge in [-0.1, -0.05) is 35.9 Å². The Kier molecular flexibility index (Phi) is 3.49. The van der Waals surface area contributed by atoms with Gasteiger partial charge in [0.2, 0.25) is 5.91 Å². The zero-order valence-corrected chi connectivity index (χ0v) is 11.7. The fourth-order valence-electron chi connectivity index (χ4n) is 2.13. The summed E-state index contributed by atoms with van der Waals surface area (Å²) >= 11 is 7.73. The second-order valence-electron chi connectivity index (χ2n) is 4.41. The van der Waals surface area contributed by atoms with Gasteiger partial charge in [-0.15, -0.1) is 11.8 Å². The predicted octanol–water partition coefficient (Wildman–Crippen LogP) is 4.52. The maximum absolute atomic E-state index is 12.0. The number of carbonyl (C=O) groups is 1. The minimum Gasteiger partial charge on any atom is -0.325 e. The predicted molar refractivity (Wildman–Crippen MR) is 79.7 cm³/mol. The average molecular weight is 290 g/mol. The smallest absolute Gasteiger partial charge is 0.225 e. The molecule has 19 heavy (non-hydrogen) atoms. The average Bonchev–Trinajstić information content (AvgIpc) is 2.56. The number of anilines is 1. The van der Waals surface area contributed by atoms with Crippen LogP contribution in [0.15, 0.2) is 53.4 Å². The summed E-state index contributed by atoms with van der Waals surface area (Å²) in [6.45, 7) is 0. The highest BCUT2D eigenvalue weighted by atomic mass is 35.5. The third-order valence-corrected chi connectivity index (χ3v) is 4.59. The molecule has 2 aromatic carbocycles.